The van der Waals surface area contributed by atoms with Crippen molar-refractivity contribution in [2.24, 2.45) is 0 Å². The summed E-state index contributed by atoms with van der Waals surface area (Å²) in [5, 5.41) is 0. The molecule has 0 spiro atoms. The zero-order chi connectivity index (χ0) is 55.6. The molecule has 0 N–H and O–H groups in total. The Morgan fingerprint density at radius 1 is 0.367 bits per heavy atom. The standard InChI is InChI=1S/C75H94N2S2/c1-11-13-15-17-19-21-23-25-27-29-49-75(50-30-28-26-24-22-20-18-16-14-12-2)64-51-53(3)31-42-60(64)61-43-37-57(52-65(61)75)66-47-48-68(79-66)63-45-44-62(67-46-32-54(4)78-67)71-72(63)77-70(56-35-40-59(41-36-56)74(8,9)10)69(76-71)55-33-38-58(39-34-55)73(5,6)7/h31-48,51-52H,11-30,49-50H2,1-10H3. The van der Waals surface area contributed by atoms with Crippen LogP contribution < -0.4 is 0 Å². The Hall–Kier alpha value is -5.16. The largest absolute Gasteiger partial charge is 0.243 e. The van der Waals surface area contributed by atoms with Crippen LogP contribution in [0.15, 0.2) is 121 Å². The third kappa shape index (κ3) is 14.0. The molecule has 2 nitrogen and oxygen atoms in total. The second-order valence-electron chi connectivity index (χ2n) is 25.8. The molecule has 0 atom stereocenters. The minimum Gasteiger partial charge on any atom is -0.243 e. The topological polar surface area (TPSA) is 25.8 Å². The van der Waals surface area contributed by atoms with E-state index >= 15 is 0 Å². The fraction of sp³-hybridized carbons (Fsp3) is 0.467. The zero-order valence-electron chi connectivity index (χ0n) is 50.3. The van der Waals surface area contributed by atoms with Gasteiger partial charge in [0.25, 0.3) is 0 Å². The molecule has 0 aliphatic heterocycles. The molecule has 3 heterocycles. The molecule has 9 rings (SSSR count). The highest BCUT2D eigenvalue weighted by molar-refractivity contribution is 7.19. The van der Waals surface area contributed by atoms with E-state index in [0.29, 0.717) is 0 Å². The summed E-state index contributed by atoms with van der Waals surface area (Å²) in [6.45, 7) is 22.9. The van der Waals surface area contributed by atoms with Crippen LogP contribution in [-0.4, -0.2) is 9.97 Å². The van der Waals surface area contributed by atoms with Gasteiger partial charge in [0.1, 0.15) is 0 Å². The summed E-state index contributed by atoms with van der Waals surface area (Å²) in [4.78, 5) is 16.6. The monoisotopic (exact) mass is 1090 g/mol. The number of hydrogen-bond acceptors (Lipinski definition) is 4. The van der Waals surface area contributed by atoms with E-state index in [1.54, 1.807) is 11.1 Å². The number of benzene rings is 5. The smallest absolute Gasteiger partial charge is 0.0988 e. The zero-order valence-corrected chi connectivity index (χ0v) is 51.9. The van der Waals surface area contributed by atoms with Gasteiger partial charge in [-0.05, 0) is 107 Å². The molecule has 0 unspecified atom stereocenters. The normalized spacial score (nSPS) is 13.1. The Labute approximate surface area is 486 Å². The molecular formula is C75H94N2S2. The van der Waals surface area contributed by atoms with Crippen molar-refractivity contribution in [1.82, 2.24) is 9.97 Å². The molecular weight excluding hydrogens is 993 g/mol. The molecule has 0 saturated carbocycles. The van der Waals surface area contributed by atoms with Crippen LogP contribution >= 0.6 is 22.7 Å². The number of fused-ring (bicyclic) bond motifs is 4. The van der Waals surface area contributed by atoms with Crippen LogP contribution in [0.5, 0.6) is 0 Å². The van der Waals surface area contributed by atoms with Crippen molar-refractivity contribution in [3.05, 3.63) is 154 Å². The Bertz CT molecular complexity index is 3220. The first-order chi connectivity index (χ1) is 38.2. The average molecular weight is 1090 g/mol. The lowest BCUT2D eigenvalue weighted by molar-refractivity contribution is 0.397. The maximum Gasteiger partial charge on any atom is 0.0988 e. The van der Waals surface area contributed by atoms with Gasteiger partial charge in [-0.1, -0.05) is 280 Å². The van der Waals surface area contributed by atoms with Gasteiger partial charge in [0.2, 0.25) is 0 Å². The van der Waals surface area contributed by atoms with Gasteiger partial charge in [-0.3, -0.25) is 0 Å². The summed E-state index contributed by atoms with van der Waals surface area (Å²) in [6, 6.07) is 47.0. The minimum absolute atomic E-state index is 0.0289. The van der Waals surface area contributed by atoms with Gasteiger partial charge in [-0.2, -0.15) is 0 Å². The molecule has 0 fully saturated rings. The number of rotatable bonds is 27. The van der Waals surface area contributed by atoms with Crippen LogP contribution in [0.2, 0.25) is 0 Å². The quantitative estimate of drug-likeness (QED) is 0.0480. The first kappa shape index (κ1) is 58.5. The Balaban J connectivity index is 1.09. The second kappa shape index (κ2) is 26.6. The molecule has 4 heteroatoms. The highest BCUT2D eigenvalue weighted by atomic mass is 32.1. The lowest BCUT2D eigenvalue weighted by atomic mass is 9.70. The number of hydrogen-bond donors (Lipinski definition) is 0. The summed E-state index contributed by atoms with van der Waals surface area (Å²) in [5.41, 5.74) is 19.7. The molecule has 8 aromatic rings. The minimum atomic E-state index is 0.0289. The van der Waals surface area contributed by atoms with Crippen LogP contribution in [0, 0.1) is 13.8 Å². The molecule has 416 valence electrons. The van der Waals surface area contributed by atoms with Crippen LogP contribution in [0.25, 0.3) is 76.0 Å². The Morgan fingerprint density at radius 3 is 1.19 bits per heavy atom. The van der Waals surface area contributed by atoms with Crippen LogP contribution in [0.3, 0.4) is 0 Å². The van der Waals surface area contributed by atoms with Crippen LogP contribution in [0.1, 0.15) is 229 Å². The predicted octanol–water partition coefficient (Wildman–Crippen LogP) is 24.2. The third-order valence-corrected chi connectivity index (χ3v) is 19.7. The van der Waals surface area contributed by atoms with Crippen LogP contribution in [0.4, 0.5) is 0 Å². The van der Waals surface area contributed by atoms with Gasteiger partial charge in [0.05, 0.1) is 22.4 Å². The van der Waals surface area contributed by atoms with E-state index in [-0.39, 0.29) is 16.2 Å². The molecule has 0 amide bonds. The second-order valence-corrected chi connectivity index (χ2v) is 28.1. The van der Waals surface area contributed by atoms with Crippen molar-refractivity contribution >= 4 is 33.7 Å². The van der Waals surface area contributed by atoms with Gasteiger partial charge in [-0.15, -0.1) is 22.7 Å². The summed E-state index contributed by atoms with van der Waals surface area (Å²) in [6.07, 6.45) is 29.8. The molecule has 0 radical (unpaired) electrons. The molecule has 5 aromatic carbocycles. The first-order valence-corrected chi connectivity index (χ1v) is 32.8. The van der Waals surface area contributed by atoms with Crippen molar-refractivity contribution in [3.63, 3.8) is 0 Å². The lowest BCUT2D eigenvalue weighted by Crippen LogP contribution is -2.25. The Morgan fingerprint density at radius 2 is 0.747 bits per heavy atom. The number of thiophene rings is 2. The van der Waals surface area contributed by atoms with E-state index in [1.165, 1.54) is 194 Å². The van der Waals surface area contributed by atoms with Crippen molar-refractivity contribution in [1.29, 1.82) is 0 Å². The van der Waals surface area contributed by atoms with Crippen molar-refractivity contribution in [2.75, 3.05) is 0 Å². The summed E-state index contributed by atoms with van der Waals surface area (Å²) in [5.74, 6) is 0. The van der Waals surface area contributed by atoms with E-state index in [0.717, 1.165) is 44.7 Å². The van der Waals surface area contributed by atoms with Gasteiger partial charge < -0.3 is 0 Å². The first-order valence-electron chi connectivity index (χ1n) is 31.2. The van der Waals surface area contributed by atoms with E-state index in [1.807, 2.05) is 22.7 Å². The number of aromatic nitrogens is 2. The van der Waals surface area contributed by atoms with Crippen molar-refractivity contribution in [3.8, 4) is 65.0 Å². The fourth-order valence-electron chi connectivity index (χ4n) is 12.7. The van der Waals surface area contributed by atoms with Crippen LogP contribution in [-0.2, 0) is 16.2 Å². The van der Waals surface area contributed by atoms with E-state index in [9.17, 15) is 0 Å². The van der Waals surface area contributed by atoms with Gasteiger partial charge in [0, 0.05) is 47.2 Å². The summed E-state index contributed by atoms with van der Waals surface area (Å²) in [7, 11) is 0. The summed E-state index contributed by atoms with van der Waals surface area (Å²) < 4.78 is 0. The predicted molar refractivity (Wildman–Crippen MR) is 348 cm³/mol. The van der Waals surface area contributed by atoms with E-state index in [2.05, 4.69) is 191 Å². The molecule has 79 heavy (non-hydrogen) atoms. The number of nitrogens with zero attached hydrogens (tertiary/aromatic N) is 2. The van der Waals surface area contributed by atoms with E-state index < -0.39 is 0 Å². The molecule has 3 aromatic heterocycles. The average Bonchev–Trinajstić information content (AvgIpc) is 4.22. The molecule has 1 aliphatic rings. The van der Waals surface area contributed by atoms with Gasteiger partial charge in [-0.25, -0.2) is 9.97 Å². The Kier molecular flexibility index (Phi) is 19.7. The SMILES string of the molecule is CCCCCCCCCCCCC1(CCCCCCCCCCCC)c2cc(C)ccc2-c2ccc(-c3ccc(-c4ccc(-c5ccc(C)s5)c5nc(-c6ccc(C(C)(C)C)cc6)c(-c6ccc(C(C)(C)C)cc6)nc45)s3)cc21. The van der Waals surface area contributed by atoms with Crippen molar-refractivity contribution in [2.45, 2.75) is 227 Å². The number of aryl methyl sites for hydroxylation is 2. The van der Waals surface area contributed by atoms with E-state index in [4.69, 9.17) is 9.97 Å². The third-order valence-electron chi connectivity index (χ3n) is 17.5. The maximum atomic E-state index is 5.81. The summed E-state index contributed by atoms with van der Waals surface area (Å²) >= 11 is 3.74. The fourth-order valence-corrected chi connectivity index (χ4v) is 14.6. The molecule has 0 bridgehead atoms. The molecule has 0 saturated heterocycles. The highest BCUT2D eigenvalue weighted by Gasteiger charge is 2.42. The lowest BCUT2D eigenvalue weighted by Gasteiger charge is -2.33. The maximum absolute atomic E-state index is 5.81. The molecule has 1 aliphatic carbocycles. The van der Waals surface area contributed by atoms with Crippen molar-refractivity contribution < 1.29 is 0 Å². The van der Waals surface area contributed by atoms with Gasteiger partial charge in [0.15, 0.2) is 0 Å². The van der Waals surface area contributed by atoms with Gasteiger partial charge >= 0.3 is 0 Å². The highest BCUT2D eigenvalue weighted by Crippen LogP contribution is 2.56. The number of unbranched alkanes of at least 4 members (excludes halogenated alkanes) is 18.